The zero-order chi connectivity index (χ0) is 14.1. The van der Waals surface area contributed by atoms with Crippen molar-refractivity contribution in [1.82, 2.24) is 10.4 Å². The number of hydrogen-bond donors (Lipinski definition) is 2. The molecule has 3 rings (SSSR count). The third kappa shape index (κ3) is 2.31. The molecule has 1 atom stereocenters. The van der Waals surface area contributed by atoms with Crippen LogP contribution in [0.25, 0.3) is 10.2 Å². The van der Waals surface area contributed by atoms with Gasteiger partial charge < -0.3 is 0 Å². The summed E-state index contributed by atoms with van der Waals surface area (Å²) in [6.45, 7) is 1.87. The Balaban J connectivity index is 2.08. The lowest BCUT2D eigenvalue weighted by molar-refractivity contribution is 0.611. The van der Waals surface area contributed by atoms with Crippen LogP contribution in [0.2, 0.25) is 0 Å². The van der Waals surface area contributed by atoms with Gasteiger partial charge in [-0.1, -0.05) is 6.07 Å². The van der Waals surface area contributed by atoms with E-state index >= 15 is 0 Å². The molecule has 0 spiro atoms. The minimum Gasteiger partial charge on any atom is -0.271 e. The minimum atomic E-state index is -0.242. The van der Waals surface area contributed by atoms with Crippen molar-refractivity contribution in [3.05, 3.63) is 64.4 Å². The summed E-state index contributed by atoms with van der Waals surface area (Å²) >= 11 is 1.64. The molecule has 1 aromatic carbocycles. The number of fused-ring (bicyclic) bond motifs is 1. The number of aryl methyl sites for hydroxylation is 1. The number of aromatic nitrogens is 1. The van der Waals surface area contributed by atoms with Gasteiger partial charge in [0.1, 0.15) is 5.82 Å². The van der Waals surface area contributed by atoms with Crippen LogP contribution in [0.15, 0.2) is 41.9 Å². The number of halogens is 1. The fourth-order valence-electron chi connectivity index (χ4n) is 2.35. The highest BCUT2D eigenvalue weighted by Gasteiger charge is 2.16. The Morgan fingerprint density at radius 1 is 1.30 bits per heavy atom. The second-order valence-corrected chi connectivity index (χ2v) is 5.62. The van der Waals surface area contributed by atoms with Crippen molar-refractivity contribution in [1.29, 1.82) is 0 Å². The van der Waals surface area contributed by atoms with Gasteiger partial charge in [-0.25, -0.2) is 9.82 Å². The molecule has 20 heavy (non-hydrogen) atoms. The molecule has 1 unspecified atom stereocenters. The van der Waals surface area contributed by atoms with Gasteiger partial charge in [0.05, 0.1) is 16.3 Å². The van der Waals surface area contributed by atoms with Gasteiger partial charge in [-0.3, -0.25) is 10.8 Å². The van der Waals surface area contributed by atoms with Gasteiger partial charge in [-0.15, -0.1) is 11.3 Å². The largest absolute Gasteiger partial charge is 0.271 e. The smallest absolute Gasteiger partial charge is 0.123 e. The van der Waals surface area contributed by atoms with E-state index in [4.69, 9.17) is 5.84 Å². The van der Waals surface area contributed by atoms with E-state index in [9.17, 15) is 4.39 Å². The van der Waals surface area contributed by atoms with E-state index in [2.05, 4.69) is 16.5 Å². The monoisotopic (exact) mass is 287 g/mol. The summed E-state index contributed by atoms with van der Waals surface area (Å²) in [7, 11) is 0. The van der Waals surface area contributed by atoms with E-state index in [1.165, 1.54) is 12.1 Å². The minimum absolute atomic E-state index is 0.199. The highest BCUT2D eigenvalue weighted by Crippen LogP contribution is 2.28. The summed E-state index contributed by atoms with van der Waals surface area (Å²) < 4.78 is 14.3. The summed E-state index contributed by atoms with van der Waals surface area (Å²) in [5.41, 5.74) is 6.55. The summed E-state index contributed by atoms with van der Waals surface area (Å²) in [6, 6.07) is 8.57. The first kappa shape index (κ1) is 13.2. The molecule has 0 aliphatic heterocycles. The average Bonchev–Trinajstić information content (AvgIpc) is 2.89. The Morgan fingerprint density at radius 3 is 2.90 bits per heavy atom. The Morgan fingerprint density at radius 2 is 2.15 bits per heavy atom. The van der Waals surface area contributed by atoms with Crippen LogP contribution in [0.4, 0.5) is 4.39 Å². The lowest BCUT2D eigenvalue weighted by Gasteiger charge is -2.18. The molecule has 0 aliphatic rings. The van der Waals surface area contributed by atoms with Gasteiger partial charge in [-0.2, -0.15) is 0 Å². The van der Waals surface area contributed by atoms with Crippen molar-refractivity contribution in [2.75, 3.05) is 0 Å². The first-order chi connectivity index (χ1) is 9.69. The van der Waals surface area contributed by atoms with Crippen molar-refractivity contribution in [2.24, 2.45) is 5.84 Å². The number of nitrogens with zero attached hydrogens (tertiary/aromatic N) is 1. The van der Waals surface area contributed by atoms with E-state index in [0.29, 0.717) is 0 Å². The number of rotatable bonds is 3. The van der Waals surface area contributed by atoms with E-state index in [0.717, 1.165) is 26.9 Å². The predicted molar refractivity (Wildman–Crippen MR) is 79.9 cm³/mol. The van der Waals surface area contributed by atoms with Crippen molar-refractivity contribution in [3.63, 3.8) is 0 Å². The number of hydrazine groups is 1. The van der Waals surface area contributed by atoms with Crippen LogP contribution in [0.3, 0.4) is 0 Å². The third-order valence-electron chi connectivity index (χ3n) is 3.37. The number of nitrogens with two attached hydrogens (primary N) is 1. The van der Waals surface area contributed by atoms with Crippen molar-refractivity contribution >= 4 is 21.6 Å². The maximum absolute atomic E-state index is 13.2. The van der Waals surface area contributed by atoms with Crippen molar-refractivity contribution in [3.8, 4) is 0 Å². The SMILES string of the molecule is Cc1cc(F)ccc1C(NN)c1cnc2ccsc2c1. The summed E-state index contributed by atoms with van der Waals surface area (Å²) in [6.07, 6.45) is 1.81. The van der Waals surface area contributed by atoms with E-state index in [1.807, 2.05) is 24.6 Å². The zero-order valence-electron chi connectivity index (χ0n) is 10.9. The lowest BCUT2D eigenvalue weighted by Crippen LogP contribution is -2.29. The summed E-state index contributed by atoms with van der Waals surface area (Å²) in [4.78, 5) is 4.42. The molecule has 0 aliphatic carbocycles. The van der Waals surface area contributed by atoms with E-state index < -0.39 is 0 Å². The maximum atomic E-state index is 13.2. The van der Waals surface area contributed by atoms with Crippen molar-refractivity contribution < 1.29 is 4.39 Å². The first-order valence-electron chi connectivity index (χ1n) is 6.24. The molecule has 0 saturated heterocycles. The molecule has 0 amide bonds. The highest BCUT2D eigenvalue weighted by molar-refractivity contribution is 7.17. The first-order valence-corrected chi connectivity index (χ1v) is 7.12. The molecule has 0 fully saturated rings. The molecule has 3 aromatic rings. The molecule has 0 bridgehead atoms. The molecule has 2 heterocycles. The van der Waals surface area contributed by atoms with Gasteiger partial charge >= 0.3 is 0 Å². The number of hydrogen-bond acceptors (Lipinski definition) is 4. The normalized spacial score (nSPS) is 12.8. The van der Waals surface area contributed by atoms with Crippen LogP contribution in [0.5, 0.6) is 0 Å². The molecule has 5 heteroatoms. The van der Waals surface area contributed by atoms with Gasteiger partial charge in [0.25, 0.3) is 0 Å². The number of nitrogens with one attached hydrogen (secondary N) is 1. The van der Waals surface area contributed by atoms with Gasteiger partial charge in [0.15, 0.2) is 0 Å². The fraction of sp³-hybridized carbons (Fsp3) is 0.133. The van der Waals surface area contributed by atoms with E-state index in [1.54, 1.807) is 17.4 Å². The quantitative estimate of drug-likeness (QED) is 0.574. The number of pyridine rings is 1. The van der Waals surface area contributed by atoms with Crippen LogP contribution in [-0.2, 0) is 0 Å². The topological polar surface area (TPSA) is 50.9 Å². The predicted octanol–water partition coefficient (Wildman–Crippen LogP) is 3.30. The fourth-order valence-corrected chi connectivity index (χ4v) is 3.14. The molecule has 2 aromatic heterocycles. The standard InChI is InChI=1S/C15H14FN3S/c1-9-6-11(16)2-3-12(9)15(19-17)10-7-14-13(18-8-10)4-5-20-14/h2-8,15,19H,17H2,1H3. The molecular weight excluding hydrogens is 273 g/mol. The zero-order valence-corrected chi connectivity index (χ0v) is 11.7. The number of benzene rings is 1. The second kappa shape index (κ2) is 5.28. The molecule has 0 saturated carbocycles. The van der Waals surface area contributed by atoms with Crippen LogP contribution in [-0.4, -0.2) is 4.98 Å². The van der Waals surface area contributed by atoms with Crippen LogP contribution >= 0.6 is 11.3 Å². The van der Waals surface area contributed by atoms with Crippen LogP contribution in [0.1, 0.15) is 22.7 Å². The Bertz CT molecular complexity index is 754. The van der Waals surface area contributed by atoms with Gasteiger partial charge in [-0.05, 0) is 53.3 Å². The van der Waals surface area contributed by atoms with Gasteiger partial charge in [0, 0.05) is 6.20 Å². The Labute approximate surface area is 120 Å². The van der Waals surface area contributed by atoms with E-state index in [-0.39, 0.29) is 11.9 Å². The lowest BCUT2D eigenvalue weighted by atomic mass is 9.96. The van der Waals surface area contributed by atoms with Crippen molar-refractivity contribution in [2.45, 2.75) is 13.0 Å². The molecular formula is C15H14FN3S. The molecule has 3 nitrogen and oxygen atoms in total. The third-order valence-corrected chi connectivity index (χ3v) is 4.22. The Kier molecular flexibility index (Phi) is 3.48. The molecule has 102 valence electrons. The maximum Gasteiger partial charge on any atom is 0.123 e. The molecule has 0 radical (unpaired) electrons. The average molecular weight is 287 g/mol. The molecule has 3 N–H and O–H groups in total. The summed E-state index contributed by atoms with van der Waals surface area (Å²) in [5, 5.41) is 2.01. The van der Waals surface area contributed by atoms with Gasteiger partial charge in [0.2, 0.25) is 0 Å². The highest BCUT2D eigenvalue weighted by atomic mass is 32.1. The van der Waals surface area contributed by atoms with Crippen LogP contribution < -0.4 is 11.3 Å². The summed E-state index contributed by atoms with van der Waals surface area (Å²) in [5.74, 6) is 5.45. The Hall–Kier alpha value is -1.82. The second-order valence-electron chi connectivity index (χ2n) is 4.67. The number of thiophene rings is 1. The van der Waals surface area contributed by atoms with Crippen LogP contribution in [0, 0.1) is 12.7 Å².